The van der Waals surface area contributed by atoms with E-state index in [0.29, 0.717) is 17.7 Å². The van der Waals surface area contributed by atoms with Gasteiger partial charge in [0.05, 0.1) is 11.5 Å². The summed E-state index contributed by atoms with van der Waals surface area (Å²) >= 11 is 0. The topological polar surface area (TPSA) is 107 Å². The summed E-state index contributed by atoms with van der Waals surface area (Å²) < 4.78 is 0. The van der Waals surface area contributed by atoms with Crippen LogP contribution in [-0.2, 0) is 16.0 Å². The lowest BCUT2D eigenvalue weighted by Crippen LogP contribution is -2.43. The molecular weight excluding hydrogens is 394 g/mol. The number of hydrogen-bond acceptors (Lipinski definition) is 5. The van der Waals surface area contributed by atoms with Gasteiger partial charge >= 0.3 is 0 Å². The van der Waals surface area contributed by atoms with Gasteiger partial charge in [-0.05, 0) is 49.8 Å². The Labute approximate surface area is 181 Å². The molecule has 2 amide bonds. The number of aromatic nitrogens is 2. The molecule has 0 bridgehead atoms. The lowest BCUT2D eigenvalue weighted by molar-refractivity contribution is -0.123. The third kappa shape index (κ3) is 4.33. The summed E-state index contributed by atoms with van der Waals surface area (Å²) in [5, 5.41) is 5.54. The minimum Gasteiger partial charge on any atom is -0.339 e. The lowest BCUT2D eigenvalue weighted by Gasteiger charge is -2.36. The Morgan fingerprint density at radius 2 is 1.97 bits per heavy atom. The predicted octanol–water partition coefficient (Wildman–Crippen LogP) is 3.17. The van der Waals surface area contributed by atoms with Crippen molar-refractivity contribution in [2.45, 2.75) is 64.3 Å². The van der Waals surface area contributed by atoms with Crippen molar-refractivity contribution in [3.63, 3.8) is 0 Å². The summed E-state index contributed by atoms with van der Waals surface area (Å²) in [6, 6.07) is 7.85. The molecule has 3 N–H and O–H groups in total. The summed E-state index contributed by atoms with van der Waals surface area (Å²) in [5.74, 6) is -0.930. The third-order valence-electron chi connectivity index (χ3n) is 6.26. The summed E-state index contributed by atoms with van der Waals surface area (Å²) in [6.45, 7) is 4.99. The fourth-order valence-corrected chi connectivity index (χ4v) is 4.48. The van der Waals surface area contributed by atoms with Crippen LogP contribution >= 0.6 is 0 Å². The highest BCUT2D eigenvalue weighted by atomic mass is 16.2. The molecular formula is C23H29N5O3. The Morgan fingerprint density at radius 3 is 2.68 bits per heavy atom. The van der Waals surface area contributed by atoms with Gasteiger partial charge in [-0.3, -0.25) is 19.4 Å². The van der Waals surface area contributed by atoms with E-state index in [1.54, 1.807) is 0 Å². The van der Waals surface area contributed by atoms with Gasteiger partial charge in [0.15, 0.2) is 0 Å². The van der Waals surface area contributed by atoms with Crippen molar-refractivity contribution >= 4 is 29.3 Å². The van der Waals surface area contributed by atoms with Crippen LogP contribution in [0.2, 0.25) is 0 Å². The second kappa shape index (κ2) is 8.91. The molecule has 0 spiro atoms. The molecule has 2 aliphatic rings. The van der Waals surface area contributed by atoms with E-state index in [9.17, 15) is 14.4 Å². The Kier molecular flexibility index (Phi) is 6.06. The highest BCUT2D eigenvalue weighted by Gasteiger charge is 2.35. The van der Waals surface area contributed by atoms with Gasteiger partial charge in [-0.2, -0.15) is 4.98 Å². The summed E-state index contributed by atoms with van der Waals surface area (Å²) in [5.41, 5.74) is 1.64. The monoisotopic (exact) mass is 423 g/mol. The number of H-pyrrole nitrogens is 1. The molecule has 1 aromatic heterocycles. The first kappa shape index (κ1) is 21.1. The van der Waals surface area contributed by atoms with Crippen molar-refractivity contribution in [1.29, 1.82) is 0 Å². The molecule has 31 heavy (non-hydrogen) atoms. The molecule has 4 rings (SSSR count). The van der Waals surface area contributed by atoms with Crippen molar-refractivity contribution in [3.8, 4) is 0 Å². The quantitative estimate of drug-likeness (QED) is 0.685. The van der Waals surface area contributed by atoms with Crippen molar-refractivity contribution < 1.29 is 9.59 Å². The molecule has 1 fully saturated rings. The number of nitrogens with zero attached hydrogens (tertiary/aromatic N) is 2. The Balaban J connectivity index is 1.63. The minimum atomic E-state index is -0.886. The molecule has 2 atom stereocenters. The number of piperidine rings is 1. The number of carbonyl (C=O) groups excluding carboxylic acids is 2. The first-order chi connectivity index (χ1) is 15.0. The number of hydrogen-bond donors (Lipinski definition) is 3. The first-order valence-electron chi connectivity index (χ1n) is 11.1. The molecule has 0 unspecified atom stereocenters. The Morgan fingerprint density at radius 1 is 1.19 bits per heavy atom. The van der Waals surface area contributed by atoms with Gasteiger partial charge in [0, 0.05) is 24.7 Å². The normalized spacial score (nSPS) is 20.7. The molecule has 0 radical (unpaired) electrons. The standard InChI is InChI=1S/C23H29N5O3/c1-3-14-8-10-15(11-9-14)24-21(30)17-13-18(29)25-20-19(17)22(31)27-23(26-20)28-12-6-5-7-16(28)4-2/h8-11,16-17H,3-7,12-13H2,1-2H3,(H,24,30)(H2,25,26,27,29,31)/t16-,17-/m0/s1. The number of fused-ring (bicyclic) bond motifs is 1. The van der Waals surface area contributed by atoms with Crippen LogP contribution < -0.4 is 21.1 Å². The number of amides is 2. The molecule has 0 saturated carbocycles. The second-order valence-electron chi connectivity index (χ2n) is 8.25. The van der Waals surface area contributed by atoms with E-state index < -0.39 is 5.92 Å². The molecule has 1 aromatic carbocycles. The van der Waals surface area contributed by atoms with Crippen LogP contribution in [0.25, 0.3) is 0 Å². The summed E-state index contributed by atoms with van der Waals surface area (Å²) in [4.78, 5) is 47.9. The van der Waals surface area contributed by atoms with E-state index in [1.807, 2.05) is 24.3 Å². The number of rotatable bonds is 5. The zero-order chi connectivity index (χ0) is 22.0. The highest BCUT2D eigenvalue weighted by molar-refractivity contribution is 6.04. The molecule has 2 aromatic rings. The summed E-state index contributed by atoms with van der Waals surface area (Å²) in [6.07, 6.45) is 5.01. The zero-order valence-corrected chi connectivity index (χ0v) is 18.0. The summed E-state index contributed by atoms with van der Waals surface area (Å²) in [7, 11) is 0. The molecule has 8 nitrogen and oxygen atoms in total. The van der Waals surface area contributed by atoms with Crippen LogP contribution in [0, 0.1) is 0 Å². The van der Waals surface area contributed by atoms with E-state index in [-0.39, 0.29) is 35.2 Å². The van der Waals surface area contributed by atoms with E-state index in [1.165, 1.54) is 0 Å². The van der Waals surface area contributed by atoms with Gasteiger partial charge in [0.1, 0.15) is 5.82 Å². The molecule has 3 heterocycles. The maximum atomic E-state index is 13.0. The predicted molar refractivity (Wildman–Crippen MR) is 121 cm³/mol. The molecule has 8 heteroatoms. The van der Waals surface area contributed by atoms with Crippen molar-refractivity contribution in [1.82, 2.24) is 9.97 Å². The van der Waals surface area contributed by atoms with Crippen molar-refractivity contribution in [2.75, 3.05) is 22.1 Å². The average molecular weight is 424 g/mol. The number of aryl methyl sites for hydroxylation is 1. The molecule has 1 saturated heterocycles. The second-order valence-corrected chi connectivity index (χ2v) is 8.25. The van der Waals surface area contributed by atoms with Crippen LogP contribution in [0.5, 0.6) is 0 Å². The zero-order valence-electron chi connectivity index (χ0n) is 18.0. The van der Waals surface area contributed by atoms with Crippen LogP contribution in [-0.4, -0.2) is 34.4 Å². The number of nitrogens with one attached hydrogen (secondary N) is 3. The largest absolute Gasteiger partial charge is 0.339 e. The fourth-order valence-electron chi connectivity index (χ4n) is 4.48. The number of aromatic amines is 1. The van der Waals surface area contributed by atoms with Gasteiger partial charge < -0.3 is 15.5 Å². The molecule has 2 aliphatic heterocycles. The maximum Gasteiger partial charge on any atom is 0.258 e. The highest BCUT2D eigenvalue weighted by Crippen LogP contribution is 2.31. The van der Waals surface area contributed by atoms with Crippen LogP contribution in [0.1, 0.15) is 63.0 Å². The first-order valence-corrected chi connectivity index (χ1v) is 11.1. The SMILES string of the molecule is CCc1ccc(NC(=O)[C@H]2CC(=O)Nc3nc(N4CCCC[C@@H]4CC)[nH]c(=O)c32)cc1. The van der Waals surface area contributed by atoms with Crippen LogP contribution in [0.4, 0.5) is 17.5 Å². The average Bonchev–Trinajstić information content (AvgIpc) is 2.78. The molecule has 164 valence electrons. The van der Waals surface area contributed by atoms with Crippen molar-refractivity contribution in [2.24, 2.45) is 0 Å². The van der Waals surface area contributed by atoms with Gasteiger partial charge in [-0.1, -0.05) is 26.0 Å². The van der Waals surface area contributed by atoms with Crippen molar-refractivity contribution in [3.05, 3.63) is 45.7 Å². The number of benzene rings is 1. The Hall–Kier alpha value is -3.16. The minimum absolute atomic E-state index is 0.0860. The van der Waals surface area contributed by atoms with Gasteiger partial charge in [-0.25, -0.2) is 0 Å². The van der Waals surface area contributed by atoms with E-state index in [4.69, 9.17) is 0 Å². The van der Waals surface area contributed by atoms with E-state index in [0.717, 1.165) is 44.2 Å². The number of anilines is 3. The van der Waals surface area contributed by atoms with Crippen LogP contribution in [0.15, 0.2) is 29.1 Å². The van der Waals surface area contributed by atoms with E-state index in [2.05, 4.69) is 39.3 Å². The van der Waals surface area contributed by atoms with Gasteiger partial charge in [0.25, 0.3) is 5.56 Å². The fraction of sp³-hybridized carbons (Fsp3) is 0.478. The van der Waals surface area contributed by atoms with Gasteiger partial charge in [-0.15, -0.1) is 0 Å². The smallest absolute Gasteiger partial charge is 0.258 e. The molecule has 0 aliphatic carbocycles. The Bertz CT molecular complexity index is 1030. The van der Waals surface area contributed by atoms with E-state index >= 15 is 0 Å². The van der Waals surface area contributed by atoms with Gasteiger partial charge in [0.2, 0.25) is 17.8 Å². The number of carbonyl (C=O) groups is 2. The third-order valence-corrected chi connectivity index (χ3v) is 6.26. The maximum absolute atomic E-state index is 13.0. The van der Waals surface area contributed by atoms with Crippen LogP contribution in [0.3, 0.4) is 0 Å². The lowest BCUT2D eigenvalue weighted by atomic mass is 9.92.